The summed E-state index contributed by atoms with van der Waals surface area (Å²) in [6, 6.07) is 7.25. The van der Waals surface area contributed by atoms with Gasteiger partial charge >= 0.3 is 6.09 Å². The summed E-state index contributed by atoms with van der Waals surface area (Å²) >= 11 is 0. The molecule has 2 N–H and O–H groups in total. The number of hydrogen-bond acceptors (Lipinski definition) is 9. The number of benzene rings is 1. The first-order valence-electron chi connectivity index (χ1n) is 11.6. The van der Waals surface area contributed by atoms with E-state index in [1.54, 1.807) is 19.2 Å². The fraction of sp³-hybridized carbons (Fsp3) is 0.708. The van der Waals surface area contributed by atoms with Crippen LogP contribution in [-0.2, 0) is 28.4 Å². The highest BCUT2D eigenvalue weighted by atomic mass is 16.6. The Kier molecular flexibility index (Phi) is 16.1. The van der Waals surface area contributed by atoms with Gasteiger partial charge in [0.1, 0.15) is 18.0 Å². The molecule has 0 aliphatic heterocycles. The van der Waals surface area contributed by atoms with E-state index in [4.69, 9.17) is 38.9 Å². The van der Waals surface area contributed by atoms with Gasteiger partial charge in [-0.2, -0.15) is 0 Å². The maximum absolute atomic E-state index is 11.8. The van der Waals surface area contributed by atoms with E-state index in [-0.39, 0.29) is 6.09 Å². The molecule has 0 unspecified atom stereocenters. The van der Waals surface area contributed by atoms with Crippen molar-refractivity contribution in [2.24, 2.45) is 0 Å². The number of likely N-dealkylation sites (N-methyl/N-ethyl adjacent to an activating group) is 1. The molecule has 0 aliphatic rings. The second kappa shape index (κ2) is 18.2. The van der Waals surface area contributed by atoms with Gasteiger partial charge in [0.25, 0.3) is 0 Å². The van der Waals surface area contributed by atoms with E-state index in [9.17, 15) is 4.79 Å². The van der Waals surface area contributed by atoms with Crippen LogP contribution in [-0.4, -0.2) is 103 Å². The number of rotatable bonds is 19. The maximum Gasteiger partial charge on any atom is 0.410 e. The van der Waals surface area contributed by atoms with Gasteiger partial charge in [-0.3, -0.25) is 0 Å². The largest absolute Gasteiger partial charge is 0.491 e. The van der Waals surface area contributed by atoms with Gasteiger partial charge in [-0.1, -0.05) is 0 Å². The normalized spacial score (nSPS) is 11.4. The zero-order valence-electron chi connectivity index (χ0n) is 21.1. The summed E-state index contributed by atoms with van der Waals surface area (Å²) < 4.78 is 38.0. The number of ether oxygens (including phenoxy) is 7. The molecule has 0 atom stereocenters. The van der Waals surface area contributed by atoms with E-state index in [2.05, 4.69) is 0 Å². The van der Waals surface area contributed by atoms with Crippen LogP contribution < -0.4 is 10.5 Å². The first-order chi connectivity index (χ1) is 16.3. The SMILES string of the molecule is CN(CCOCCOCCOCCOCCOCCOc1ccc(N)cc1)C(=O)OC(C)(C)C. The molecule has 1 aromatic rings. The fourth-order valence-corrected chi connectivity index (χ4v) is 2.40. The van der Waals surface area contributed by atoms with Gasteiger partial charge in [0, 0.05) is 19.3 Å². The van der Waals surface area contributed by atoms with Crippen LogP contribution in [0.25, 0.3) is 0 Å². The third-order valence-electron chi connectivity index (χ3n) is 4.14. The van der Waals surface area contributed by atoms with Crippen molar-refractivity contribution >= 4 is 11.8 Å². The van der Waals surface area contributed by atoms with Gasteiger partial charge in [-0.15, -0.1) is 0 Å². The lowest BCUT2D eigenvalue weighted by atomic mass is 10.2. The van der Waals surface area contributed by atoms with E-state index in [0.717, 1.165) is 5.75 Å². The Labute approximate surface area is 203 Å². The Morgan fingerprint density at radius 3 is 1.59 bits per heavy atom. The summed E-state index contributed by atoms with van der Waals surface area (Å²) in [5, 5.41) is 0. The number of hydrogen-bond donors (Lipinski definition) is 1. The minimum absolute atomic E-state index is 0.360. The highest BCUT2D eigenvalue weighted by Gasteiger charge is 2.19. The van der Waals surface area contributed by atoms with Gasteiger partial charge in [-0.25, -0.2) is 4.79 Å². The topological polar surface area (TPSA) is 111 Å². The first kappa shape index (κ1) is 29.9. The molecule has 10 nitrogen and oxygen atoms in total. The molecule has 0 saturated heterocycles. The fourth-order valence-electron chi connectivity index (χ4n) is 2.40. The molecule has 34 heavy (non-hydrogen) atoms. The summed E-state index contributed by atoms with van der Waals surface area (Å²) in [5.41, 5.74) is 5.83. The Bertz CT molecular complexity index is 637. The van der Waals surface area contributed by atoms with Crippen LogP contribution in [0, 0.1) is 0 Å². The Morgan fingerprint density at radius 1 is 0.735 bits per heavy atom. The molecule has 0 saturated carbocycles. The molecule has 0 spiro atoms. The zero-order chi connectivity index (χ0) is 25.1. The van der Waals surface area contributed by atoms with Crippen LogP contribution in [0.3, 0.4) is 0 Å². The van der Waals surface area contributed by atoms with Gasteiger partial charge in [0.05, 0.1) is 66.1 Å². The maximum atomic E-state index is 11.8. The predicted molar refractivity (Wildman–Crippen MR) is 129 cm³/mol. The summed E-state index contributed by atoms with van der Waals surface area (Å²) in [4.78, 5) is 13.3. The molecule has 1 amide bonds. The van der Waals surface area contributed by atoms with Crippen LogP contribution in [0.4, 0.5) is 10.5 Å². The first-order valence-corrected chi connectivity index (χ1v) is 11.6. The van der Waals surface area contributed by atoms with Crippen LogP contribution in [0.2, 0.25) is 0 Å². The highest BCUT2D eigenvalue weighted by Crippen LogP contribution is 2.12. The molecule has 1 aromatic carbocycles. The van der Waals surface area contributed by atoms with Crippen molar-refractivity contribution in [1.82, 2.24) is 4.90 Å². The van der Waals surface area contributed by atoms with E-state index >= 15 is 0 Å². The summed E-state index contributed by atoms with van der Waals surface area (Å²) in [5.74, 6) is 0.769. The number of nitrogens with two attached hydrogens (primary N) is 1. The summed E-state index contributed by atoms with van der Waals surface area (Å²) in [6.45, 7) is 11.3. The third-order valence-corrected chi connectivity index (χ3v) is 4.14. The molecule has 0 aliphatic carbocycles. The van der Waals surface area contributed by atoms with Crippen LogP contribution in [0.15, 0.2) is 24.3 Å². The van der Waals surface area contributed by atoms with Crippen molar-refractivity contribution < 1.29 is 38.0 Å². The lowest BCUT2D eigenvalue weighted by molar-refractivity contribution is -0.0144. The van der Waals surface area contributed by atoms with E-state index in [1.165, 1.54) is 4.90 Å². The highest BCUT2D eigenvalue weighted by molar-refractivity contribution is 5.67. The number of carbonyl (C=O) groups is 1. The third kappa shape index (κ3) is 17.4. The smallest absolute Gasteiger partial charge is 0.410 e. The van der Waals surface area contributed by atoms with E-state index in [1.807, 2.05) is 32.9 Å². The van der Waals surface area contributed by atoms with Gasteiger partial charge in [0.15, 0.2) is 0 Å². The molecule has 1 rings (SSSR count). The quantitative estimate of drug-likeness (QED) is 0.233. The van der Waals surface area contributed by atoms with Crippen molar-refractivity contribution in [3.05, 3.63) is 24.3 Å². The lowest BCUT2D eigenvalue weighted by Crippen LogP contribution is -2.36. The Morgan fingerprint density at radius 2 is 1.15 bits per heavy atom. The lowest BCUT2D eigenvalue weighted by Gasteiger charge is -2.24. The van der Waals surface area contributed by atoms with Crippen molar-refractivity contribution in [3.8, 4) is 5.75 Å². The number of amides is 1. The summed E-state index contributed by atoms with van der Waals surface area (Å²) in [7, 11) is 1.68. The van der Waals surface area contributed by atoms with Crippen molar-refractivity contribution in [2.45, 2.75) is 26.4 Å². The molecule has 0 bridgehead atoms. The predicted octanol–water partition coefficient (Wildman–Crippen LogP) is 2.60. The molecule has 0 heterocycles. The summed E-state index contributed by atoms with van der Waals surface area (Å²) in [6.07, 6.45) is -0.360. The van der Waals surface area contributed by atoms with Gasteiger partial charge in [-0.05, 0) is 45.0 Å². The second-order valence-corrected chi connectivity index (χ2v) is 8.38. The molecule has 0 aromatic heterocycles. The molecule has 10 heteroatoms. The standard InChI is InChI=1S/C24H42N2O8/c1-24(2,3)34-23(27)26(4)9-10-28-11-12-29-13-14-30-15-16-31-17-18-32-19-20-33-22-7-5-21(25)6-8-22/h5-8H,9-20,25H2,1-4H3. The minimum atomic E-state index is -0.502. The van der Waals surface area contributed by atoms with Crippen molar-refractivity contribution in [2.75, 3.05) is 92.0 Å². The molecule has 0 fully saturated rings. The van der Waals surface area contributed by atoms with Crippen molar-refractivity contribution in [3.63, 3.8) is 0 Å². The average molecular weight is 487 g/mol. The number of nitrogens with zero attached hydrogens (tertiary/aromatic N) is 1. The van der Waals surface area contributed by atoms with Gasteiger partial charge in [0.2, 0.25) is 0 Å². The van der Waals surface area contributed by atoms with Gasteiger partial charge < -0.3 is 43.8 Å². The average Bonchev–Trinajstić information content (AvgIpc) is 2.78. The Balaban J connectivity index is 1.77. The monoisotopic (exact) mass is 486 g/mol. The van der Waals surface area contributed by atoms with Crippen LogP contribution >= 0.6 is 0 Å². The second-order valence-electron chi connectivity index (χ2n) is 8.38. The minimum Gasteiger partial charge on any atom is -0.491 e. The number of anilines is 1. The van der Waals surface area contributed by atoms with Crippen LogP contribution in [0.5, 0.6) is 5.75 Å². The van der Waals surface area contributed by atoms with E-state index in [0.29, 0.717) is 84.9 Å². The molecular weight excluding hydrogens is 444 g/mol. The van der Waals surface area contributed by atoms with Crippen LogP contribution in [0.1, 0.15) is 20.8 Å². The number of nitrogen functional groups attached to an aromatic ring is 1. The number of carbonyl (C=O) groups excluding carboxylic acids is 1. The zero-order valence-corrected chi connectivity index (χ0v) is 21.1. The molecular formula is C24H42N2O8. The molecule has 196 valence electrons. The Hall–Kier alpha value is -2.11. The molecule has 0 radical (unpaired) electrons. The van der Waals surface area contributed by atoms with Crippen molar-refractivity contribution in [1.29, 1.82) is 0 Å². The van der Waals surface area contributed by atoms with E-state index < -0.39 is 5.60 Å².